The zero-order chi connectivity index (χ0) is 20.8. The first kappa shape index (κ1) is 20.4. The van der Waals surface area contributed by atoms with Crippen LogP contribution in [0.15, 0.2) is 77.3 Å². The fourth-order valence-electron chi connectivity index (χ4n) is 2.59. The molecule has 3 aromatic rings. The third-order valence-electron chi connectivity index (χ3n) is 3.97. The summed E-state index contributed by atoms with van der Waals surface area (Å²) in [7, 11) is 0. The highest BCUT2D eigenvalue weighted by atomic mass is 79.9. The van der Waals surface area contributed by atoms with Crippen molar-refractivity contribution in [2.24, 2.45) is 0 Å². The Balaban J connectivity index is 1.68. The number of ketones is 1. The van der Waals surface area contributed by atoms with Crippen molar-refractivity contribution >= 4 is 39.3 Å². The Labute approximate surface area is 174 Å². The number of halogens is 2. The Hall–Kier alpha value is -3.32. The van der Waals surface area contributed by atoms with Gasteiger partial charge in [-0.15, -0.1) is 0 Å². The number of esters is 1. The molecule has 3 aromatic carbocycles. The van der Waals surface area contributed by atoms with Crippen molar-refractivity contribution < 1.29 is 23.5 Å². The molecule has 5 nitrogen and oxygen atoms in total. The Bertz CT molecular complexity index is 1070. The van der Waals surface area contributed by atoms with Crippen LogP contribution in [0.1, 0.15) is 26.3 Å². The number of carbonyl (C=O) groups excluding carboxylic acids is 3. The van der Waals surface area contributed by atoms with Crippen LogP contribution in [0.25, 0.3) is 0 Å². The van der Waals surface area contributed by atoms with Crippen molar-refractivity contribution in [3.8, 4) is 0 Å². The molecular formula is C22H15BrFNO4. The predicted octanol–water partition coefficient (Wildman–Crippen LogP) is 4.61. The van der Waals surface area contributed by atoms with Crippen molar-refractivity contribution in [2.45, 2.75) is 0 Å². The fourth-order valence-corrected chi connectivity index (χ4v) is 2.92. The molecule has 0 spiro atoms. The van der Waals surface area contributed by atoms with Crippen molar-refractivity contribution in [2.75, 3.05) is 11.9 Å². The molecule has 7 heteroatoms. The third-order valence-corrected chi connectivity index (χ3v) is 4.46. The van der Waals surface area contributed by atoms with Crippen LogP contribution < -0.4 is 5.32 Å². The van der Waals surface area contributed by atoms with Gasteiger partial charge in [0.05, 0.1) is 11.3 Å². The second-order valence-electron chi connectivity index (χ2n) is 5.99. The Morgan fingerprint density at radius 1 is 0.897 bits per heavy atom. The van der Waals surface area contributed by atoms with E-state index in [2.05, 4.69) is 21.2 Å². The van der Waals surface area contributed by atoms with Gasteiger partial charge in [0, 0.05) is 15.6 Å². The van der Waals surface area contributed by atoms with Crippen molar-refractivity contribution in [1.29, 1.82) is 0 Å². The van der Waals surface area contributed by atoms with Gasteiger partial charge < -0.3 is 10.1 Å². The van der Waals surface area contributed by atoms with E-state index in [0.29, 0.717) is 10.0 Å². The summed E-state index contributed by atoms with van der Waals surface area (Å²) in [5, 5.41) is 2.33. The van der Waals surface area contributed by atoms with Gasteiger partial charge in [0.15, 0.2) is 12.4 Å². The summed E-state index contributed by atoms with van der Waals surface area (Å²) >= 11 is 3.12. The van der Waals surface area contributed by atoms with Crippen LogP contribution in [0, 0.1) is 5.82 Å². The van der Waals surface area contributed by atoms with Gasteiger partial charge in [-0.3, -0.25) is 9.59 Å². The Morgan fingerprint density at radius 3 is 2.24 bits per heavy atom. The molecule has 0 heterocycles. The summed E-state index contributed by atoms with van der Waals surface area (Å²) in [6.07, 6.45) is 0. The predicted molar refractivity (Wildman–Crippen MR) is 109 cm³/mol. The number of carbonyl (C=O) groups is 3. The molecule has 1 amide bonds. The summed E-state index contributed by atoms with van der Waals surface area (Å²) in [6.45, 7) is -0.623. The van der Waals surface area contributed by atoms with Gasteiger partial charge in [-0.1, -0.05) is 64.5 Å². The number of nitrogens with one attached hydrogen (secondary N) is 1. The van der Waals surface area contributed by atoms with Crippen LogP contribution >= 0.6 is 15.9 Å². The lowest BCUT2D eigenvalue weighted by Gasteiger charge is -2.10. The van der Waals surface area contributed by atoms with E-state index in [-0.39, 0.29) is 22.6 Å². The maximum Gasteiger partial charge on any atom is 0.339 e. The number of rotatable bonds is 6. The quantitative estimate of drug-likeness (QED) is 0.434. The summed E-state index contributed by atoms with van der Waals surface area (Å²) in [4.78, 5) is 37.1. The monoisotopic (exact) mass is 455 g/mol. The van der Waals surface area contributed by atoms with Gasteiger partial charge in [0.25, 0.3) is 5.91 Å². The van der Waals surface area contributed by atoms with Gasteiger partial charge in [-0.05, 0) is 24.3 Å². The van der Waals surface area contributed by atoms with E-state index in [1.807, 2.05) is 0 Å². The number of anilines is 1. The van der Waals surface area contributed by atoms with Crippen LogP contribution in [-0.4, -0.2) is 24.3 Å². The molecule has 0 saturated heterocycles. The van der Waals surface area contributed by atoms with Gasteiger partial charge in [0.1, 0.15) is 5.82 Å². The van der Waals surface area contributed by atoms with Gasteiger partial charge in [-0.2, -0.15) is 0 Å². The molecule has 0 radical (unpaired) electrons. The molecule has 0 saturated carbocycles. The molecule has 3 rings (SSSR count). The normalized spacial score (nSPS) is 10.3. The number of benzene rings is 3. The number of hydrogen-bond donors (Lipinski definition) is 1. The Morgan fingerprint density at radius 2 is 1.55 bits per heavy atom. The highest BCUT2D eigenvalue weighted by molar-refractivity contribution is 9.10. The van der Waals surface area contributed by atoms with Gasteiger partial charge >= 0.3 is 5.97 Å². The highest BCUT2D eigenvalue weighted by Crippen LogP contribution is 2.19. The number of amides is 1. The summed E-state index contributed by atoms with van der Waals surface area (Å²) in [6, 6.07) is 18.9. The zero-order valence-electron chi connectivity index (χ0n) is 15.0. The first-order chi connectivity index (χ1) is 14.0. The molecule has 0 bridgehead atoms. The largest absolute Gasteiger partial charge is 0.452 e. The molecule has 1 N–H and O–H groups in total. The van der Waals surface area contributed by atoms with Gasteiger partial charge in [0.2, 0.25) is 0 Å². The maximum atomic E-state index is 13.8. The minimum atomic E-state index is -0.823. The summed E-state index contributed by atoms with van der Waals surface area (Å²) in [5.74, 6) is -2.49. The van der Waals surface area contributed by atoms with Crippen LogP contribution in [-0.2, 0) is 9.53 Å². The third kappa shape index (κ3) is 5.14. The summed E-state index contributed by atoms with van der Waals surface area (Å²) in [5.41, 5.74) is 0.608. The zero-order valence-corrected chi connectivity index (χ0v) is 16.6. The van der Waals surface area contributed by atoms with Crippen molar-refractivity contribution in [3.63, 3.8) is 0 Å². The highest BCUT2D eigenvalue weighted by Gasteiger charge is 2.20. The van der Waals surface area contributed by atoms with Crippen LogP contribution in [0.4, 0.5) is 10.1 Å². The average Bonchev–Trinajstić information content (AvgIpc) is 2.74. The maximum absolute atomic E-state index is 13.8. The number of ether oxygens (including phenoxy) is 1. The smallest absolute Gasteiger partial charge is 0.339 e. The van der Waals surface area contributed by atoms with E-state index in [4.69, 9.17) is 4.74 Å². The molecule has 0 atom stereocenters. The minimum Gasteiger partial charge on any atom is -0.452 e. The lowest BCUT2D eigenvalue weighted by Crippen LogP contribution is -2.22. The van der Waals surface area contributed by atoms with Crippen LogP contribution in [0.5, 0.6) is 0 Å². The molecule has 0 aliphatic heterocycles. The topological polar surface area (TPSA) is 72.5 Å². The second-order valence-corrected chi connectivity index (χ2v) is 6.90. The molecule has 29 heavy (non-hydrogen) atoms. The SMILES string of the molecule is O=C(COC(=O)c1ccccc1C(=O)c1ccccc1)Nc1ccc(Br)cc1F. The second kappa shape index (κ2) is 9.25. The molecule has 0 aliphatic carbocycles. The lowest BCUT2D eigenvalue weighted by molar-refractivity contribution is -0.119. The standard InChI is InChI=1S/C22H15BrFNO4/c23-15-10-11-19(18(24)12-15)25-20(26)13-29-22(28)17-9-5-4-8-16(17)21(27)14-6-2-1-3-7-14/h1-12H,13H2,(H,25,26). The molecule has 0 aliphatic rings. The molecular weight excluding hydrogens is 441 g/mol. The fraction of sp³-hybridized carbons (Fsp3) is 0.0455. The first-order valence-electron chi connectivity index (χ1n) is 8.56. The van der Waals surface area contributed by atoms with Crippen molar-refractivity contribution in [1.82, 2.24) is 0 Å². The van der Waals surface area contributed by atoms with Crippen molar-refractivity contribution in [3.05, 3.63) is 99.8 Å². The average molecular weight is 456 g/mol. The molecule has 0 unspecified atom stereocenters. The van der Waals surface area contributed by atoms with E-state index in [0.717, 1.165) is 0 Å². The van der Waals surface area contributed by atoms with E-state index >= 15 is 0 Å². The minimum absolute atomic E-state index is 0.0334. The Kier molecular flexibility index (Phi) is 6.51. The molecule has 0 aromatic heterocycles. The summed E-state index contributed by atoms with van der Waals surface area (Å²) < 4.78 is 19.3. The molecule has 0 fully saturated rings. The van der Waals surface area contributed by atoms with Crippen LogP contribution in [0.3, 0.4) is 0 Å². The van der Waals surface area contributed by atoms with E-state index in [9.17, 15) is 18.8 Å². The lowest BCUT2D eigenvalue weighted by atomic mass is 9.98. The van der Waals surface area contributed by atoms with E-state index in [1.54, 1.807) is 48.5 Å². The molecule has 146 valence electrons. The van der Waals surface area contributed by atoms with E-state index in [1.165, 1.54) is 24.3 Å². The first-order valence-corrected chi connectivity index (χ1v) is 9.36. The number of hydrogen-bond acceptors (Lipinski definition) is 4. The van der Waals surface area contributed by atoms with Crippen LogP contribution in [0.2, 0.25) is 0 Å². The van der Waals surface area contributed by atoms with E-state index < -0.39 is 24.3 Å². The van der Waals surface area contributed by atoms with Gasteiger partial charge in [-0.25, -0.2) is 9.18 Å².